The molecule has 0 bridgehead atoms. The van der Waals surface area contributed by atoms with Crippen LogP contribution in [0, 0.1) is 0 Å². The van der Waals surface area contributed by atoms with E-state index in [-0.39, 0.29) is 11.6 Å². The van der Waals surface area contributed by atoms with Crippen LogP contribution in [0.3, 0.4) is 0 Å². The van der Waals surface area contributed by atoms with Crippen molar-refractivity contribution in [3.8, 4) is 23.0 Å². The van der Waals surface area contributed by atoms with Crippen LogP contribution in [-0.4, -0.2) is 39.8 Å². The van der Waals surface area contributed by atoms with Crippen molar-refractivity contribution in [1.29, 1.82) is 0 Å². The zero-order chi connectivity index (χ0) is 20.4. The highest BCUT2D eigenvalue weighted by Crippen LogP contribution is 2.39. The normalized spacial score (nSPS) is 16.4. The molecule has 0 fully saturated rings. The number of hydrogen-bond acceptors (Lipinski definition) is 7. The van der Waals surface area contributed by atoms with Gasteiger partial charge in [-0.05, 0) is 35.9 Å². The van der Waals surface area contributed by atoms with Gasteiger partial charge in [-0.2, -0.15) is 0 Å². The Bertz CT molecular complexity index is 1040. The minimum Gasteiger partial charge on any atom is -0.493 e. The number of hydrogen-bond donors (Lipinski definition) is 0. The van der Waals surface area contributed by atoms with E-state index >= 15 is 0 Å². The molecule has 0 saturated heterocycles. The molecule has 2 aliphatic rings. The summed E-state index contributed by atoms with van der Waals surface area (Å²) in [5.41, 5.74) is 2.51. The van der Waals surface area contributed by atoms with Crippen LogP contribution < -0.4 is 18.9 Å². The van der Waals surface area contributed by atoms with Gasteiger partial charge in [0.25, 0.3) is 0 Å². The van der Waals surface area contributed by atoms with Crippen LogP contribution in [0.5, 0.6) is 23.0 Å². The summed E-state index contributed by atoms with van der Waals surface area (Å²) in [5.74, 6) is 1.77. The Morgan fingerprint density at radius 1 is 1.03 bits per heavy atom. The average Bonchev–Trinajstić information content (AvgIpc) is 3.12. The van der Waals surface area contributed by atoms with Gasteiger partial charge >= 0.3 is 5.97 Å². The largest absolute Gasteiger partial charge is 0.493 e. The summed E-state index contributed by atoms with van der Waals surface area (Å²) in [6, 6.07) is 11.0. The van der Waals surface area contributed by atoms with Crippen molar-refractivity contribution in [3.63, 3.8) is 0 Å². The number of esters is 1. The predicted octanol–water partition coefficient (Wildman–Crippen LogP) is 3.38. The number of methoxy groups -OCH3 is 3. The summed E-state index contributed by atoms with van der Waals surface area (Å²) in [6.07, 6.45) is 3.63. The highest BCUT2D eigenvalue weighted by Gasteiger charge is 2.27. The van der Waals surface area contributed by atoms with Gasteiger partial charge in [-0.1, -0.05) is 18.2 Å². The van der Waals surface area contributed by atoms with Gasteiger partial charge in [0.1, 0.15) is 12.4 Å². The topological polar surface area (TPSA) is 75.6 Å². The van der Waals surface area contributed by atoms with Crippen LogP contribution in [0.4, 0.5) is 0 Å². The van der Waals surface area contributed by atoms with Crippen molar-refractivity contribution in [1.82, 2.24) is 0 Å². The molecule has 148 valence electrons. The number of aliphatic imine (C=N–C) groups is 1. The van der Waals surface area contributed by atoms with Gasteiger partial charge in [0.05, 0.1) is 21.3 Å². The summed E-state index contributed by atoms with van der Waals surface area (Å²) in [4.78, 5) is 16.7. The number of cyclic esters (lactones) is 1. The molecule has 29 heavy (non-hydrogen) atoms. The Kier molecular flexibility index (Phi) is 4.95. The molecule has 0 aromatic heterocycles. The van der Waals surface area contributed by atoms with E-state index in [1.165, 1.54) is 21.3 Å². The van der Waals surface area contributed by atoms with E-state index in [1.807, 2.05) is 30.3 Å². The zero-order valence-corrected chi connectivity index (χ0v) is 16.2. The van der Waals surface area contributed by atoms with Crippen molar-refractivity contribution in [2.75, 3.05) is 27.9 Å². The lowest BCUT2D eigenvalue weighted by atomic mass is 10.1. The minimum atomic E-state index is -0.534. The molecule has 4 rings (SSSR count). The number of rotatable bonds is 5. The smallest absolute Gasteiger partial charge is 0.363 e. The third-order valence-corrected chi connectivity index (χ3v) is 4.51. The molecule has 2 aliphatic heterocycles. The summed E-state index contributed by atoms with van der Waals surface area (Å²) in [7, 11) is 4.55. The third-order valence-electron chi connectivity index (χ3n) is 4.51. The van der Waals surface area contributed by atoms with Crippen molar-refractivity contribution in [3.05, 3.63) is 64.9 Å². The molecule has 0 radical (unpaired) electrons. The maximum atomic E-state index is 12.3. The minimum absolute atomic E-state index is 0.165. The first-order chi connectivity index (χ1) is 14.1. The monoisotopic (exact) mass is 393 g/mol. The molecule has 7 nitrogen and oxygen atoms in total. The van der Waals surface area contributed by atoms with Crippen LogP contribution in [0.1, 0.15) is 11.1 Å². The van der Waals surface area contributed by atoms with Crippen LogP contribution in [0.25, 0.3) is 6.08 Å². The maximum absolute atomic E-state index is 12.3. The van der Waals surface area contributed by atoms with E-state index in [0.29, 0.717) is 29.4 Å². The molecule has 0 aliphatic carbocycles. The van der Waals surface area contributed by atoms with Gasteiger partial charge in [-0.25, -0.2) is 9.79 Å². The van der Waals surface area contributed by atoms with E-state index in [4.69, 9.17) is 23.7 Å². The molecular weight excluding hydrogens is 374 g/mol. The van der Waals surface area contributed by atoms with E-state index in [1.54, 1.807) is 18.2 Å². The summed E-state index contributed by atoms with van der Waals surface area (Å²) in [6.45, 7) is 0.350. The number of ether oxygens (including phenoxy) is 5. The molecule has 2 aromatic carbocycles. The van der Waals surface area contributed by atoms with Crippen molar-refractivity contribution < 1.29 is 28.5 Å². The fourth-order valence-corrected chi connectivity index (χ4v) is 3.13. The van der Waals surface area contributed by atoms with E-state index in [9.17, 15) is 4.79 Å². The Labute approximate surface area is 167 Å². The Morgan fingerprint density at radius 3 is 2.45 bits per heavy atom. The molecule has 7 heteroatoms. The second-order valence-corrected chi connectivity index (χ2v) is 6.30. The van der Waals surface area contributed by atoms with Crippen molar-refractivity contribution >= 4 is 17.9 Å². The Balaban J connectivity index is 1.68. The summed E-state index contributed by atoms with van der Waals surface area (Å²) >= 11 is 0. The highest BCUT2D eigenvalue weighted by atomic mass is 16.6. The average molecular weight is 393 g/mol. The maximum Gasteiger partial charge on any atom is 0.363 e. The number of nitrogens with zero attached hydrogens (tertiary/aromatic N) is 1. The molecule has 2 heterocycles. The van der Waals surface area contributed by atoms with E-state index in [0.717, 1.165) is 16.9 Å². The van der Waals surface area contributed by atoms with E-state index < -0.39 is 5.97 Å². The van der Waals surface area contributed by atoms with Gasteiger partial charge in [0, 0.05) is 11.1 Å². The van der Waals surface area contributed by atoms with E-state index in [2.05, 4.69) is 4.99 Å². The molecule has 0 saturated carbocycles. The van der Waals surface area contributed by atoms with Crippen molar-refractivity contribution in [2.24, 2.45) is 4.99 Å². The van der Waals surface area contributed by atoms with Gasteiger partial charge in [-0.15, -0.1) is 0 Å². The number of carbonyl (C=O) groups is 1. The van der Waals surface area contributed by atoms with Crippen molar-refractivity contribution in [2.45, 2.75) is 0 Å². The number of para-hydroxylation sites is 1. The Morgan fingerprint density at radius 2 is 1.76 bits per heavy atom. The molecule has 0 unspecified atom stereocenters. The first kappa shape index (κ1) is 18.6. The number of fused-ring (bicyclic) bond motifs is 1. The SMILES string of the molecule is COc1cc(C2=N/C(=C/C3=Cc4ccccc4OC3)C(=O)O2)cc(OC)c1OC. The standard InChI is InChI=1S/C22H19NO6/c1-25-18-10-15(11-19(26-2)20(18)27-3)21-23-16(22(24)29-21)9-13-8-14-6-4-5-7-17(14)28-12-13/h4-11H,12H2,1-3H3/b16-9+. The van der Waals surface area contributed by atoms with Crippen LogP contribution in [-0.2, 0) is 9.53 Å². The van der Waals surface area contributed by atoms with Gasteiger partial charge in [-0.3, -0.25) is 0 Å². The lowest BCUT2D eigenvalue weighted by Crippen LogP contribution is -2.08. The fraction of sp³-hybridized carbons (Fsp3) is 0.182. The molecule has 0 amide bonds. The predicted molar refractivity (Wildman–Crippen MR) is 107 cm³/mol. The number of carbonyl (C=O) groups excluding carboxylic acids is 1. The van der Waals surface area contributed by atoms with Crippen LogP contribution in [0.15, 0.2) is 58.7 Å². The summed E-state index contributed by atoms with van der Waals surface area (Å²) < 4.78 is 27.1. The molecule has 0 atom stereocenters. The second kappa shape index (κ2) is 7.71. The lowest BCUT2D eigenvalue weighted by Gasteiger charge is -2.15. The first-order valence-corrected chi connectivity index (χ1v) is 8.88. The van der Waals surface area contributed by atoms with Gasteiger partial charge in [0.15, 0.2) is 17.2 Å². The second-order valence-electron chi connectivity index (χ2n) is 6.30. The zero-order valence-electron chi connectivity index (χ0n) is 16.2. The molecule has 2 aromatic rings. The van der Waals surface area contributed by atoms with Crippen LogP contribution >= 0.6 is 0 Å². The lowest BCUT2D eigenvalue weighted by molar-refractivity contribution is -0.130. The quantitative estimate of drug-likeness (QED) is 0.573. The molecular formula is C22H19NO6. The highest BCUT2D eigenvalue weighted by molar-refractivity contribution is 6.11. The fourth-order valence-electron chi connectivity index (χ4n) is 3.13. The molecule has 0 spiro atoms. The Hall–Kier alpha value is -3.74. The molecule has 0 N–H and O–H groups in total. The van der Waals surface area contributed by atoms with Gasteiger partial charge < -0.3 is 23.7 Å². The first-order valence-electron chi connectivity index (χ1n) is 8.88. The summed E-state index contributed by atoms with van der Waals surface area (Å²) in [5, 5.41) is 0. The number of benzene rings is 2. The van der Waals surface area contributed by atoms with Crippen LogP contribution in [0.2, 0.25) is 0 Å². The van der Waals surface area contributed by atoms with Gasteiger partial charge in [0.2, 0.25) is 11.6 Å². The third kappa shape index (κ3) is 3.54.